The molecule has 0 N–H and O–H groups in total. The molecule has 1 rings (SSSR count). The number of ether oxygens (including phenoxy) is 1. The summed E-state index contributed by atoms with van der Waals surface area (Å²) < 4.78 is 80.3. The van der Waals surface area contributed by atoms with Gasteiger partial charge in [0.05, 0.1) is 0 Å². The summed E-state index contributed by atoms with van der Waals surface area (Å²) in [7, 11) is -8.92. The van der Waals surface area contributed by atoms with E-state index >= 15 is 0 Å². The fourth-order valence-electron chi connectivity index (χ4n) is 0.996. The number of carbonyl (C=O) groups is 1. The van der Waals surface area contributed by atoms with Crippen LogP contribution >= 0.6 is 0 Å². The molecule has 0 aromatic rings. The third kappa shape index (κ3) is 5.59. The normalized spacial score (nSPS) is 25.1. The van der Waals surface area contributed by atoms with Crippen molar-refractivity contribution in [3.63, 3.8) is 0 Å². The van der Waals surface area contributed by atoms with Crippen LogP contribution < -0.4 is 0 Å². The van der Waals surface area contributed by atoms with Crippen molar-refractivity contribution in [2.75, 3.05) is 18.3 Å². The van der Waals surface area contributed by atoms with Crippen LogP contribution in [0.15, 0.2) is 12.2 Å². The van der Waals surface area contributed by atoms with Crippen molar-refractivity contribution >= 4 is 26.2 Å². The lowest BCUT2D eigenvalue weighted by Gasteiger charge is -2.10. The zero-order valence-corrected chi connectivity index (χ0v) is 10.7. The predicted molar refractivity (Wildman–Crippen MR) is 54.8 cm³/mol. The maximum Gasteiger partial charge on any atom is 0.339 e. The summed E-state index contributed by atoms with van der Waals surface area (Å²) in [6.45, 7) is -1.73. The van der Waals surface area contributed by atoms with Gasteiger partial charge in [-0.2, -0.15) is 25.6 Å². The van der Waals surface area contributed by atoms with E-state index in [1.807, 2.05) is 0 Å². The predicted octanol–water partition coefficient (Wildman–Crippen LogP) is -0.657. The molecule has 0 radical (unpaired) electrons. The van der Waals surface area contributed by atoms with Crippen LogP contribution in [0.2, 0.25) is 0 Å². The van der Waals surface area contributed by atoms with Gasteiger partial charge in [-0.1, -0.05) is 0 Å². The lowest BCUT2D eigenvalue weighted by atomic mass is 10.4. The molecule has 0 aromatic carbocycles. The third-order valence-corrected chi connectivity index (χ3v) is 5.01. The van der Waals surface area contributed by atoms with Crippen LogP contribution in [0.5, 0.6) is 0 Å². The molecule has 8 nitrogen and oxygen atoms in total. The first-order valence-electron chi connectivity index (χ1n) is 4.57. The Bertz CT molecular complexity index is 574. The van der Waals surface area contributed by atoms with E-state index in [4.69, 9.17) is 0 Å². The maximum atomic E-state index is 11.7. The second kappa shape index (κ2) is 5.90. The molecule has 19 heavy (non-hydrogen) atoms. The van der Waals surface area contributed by atoms with Crippen molar-refractivity contribution in [1.29, 1.82) is 0 Å². The quantitative estimate of drug-likeness (QED) is 0.497. The number of hydrogen-bond donors (Lipinski definition) is 0. The number of halogens is 2. The van der Waals surface area contributed by atoms with E-state index < -0.39 is 56.7 Å². The highest BCUT2D eigenvalue weighted by atomic mass is 32.3. The Morgan fingerprint density at radius 1 is 1.26 bits per heavy atom. The summed E-state index contributed by atoms with van der Waals surface area (Å²) >= 11 is 0. The molecule has 0 aliphatic carbocycles. The topological polar surface area (TPSA) is 113 Å². The third-order valence-electron chi connectivity index (χ3n) is 1.68. The van der Waals surface area contributed by atoms with Crippen molar-refractivity contribution in [2.45, 2.75) is 6.10 Å². The molecule has 1 aliphatic rings. The Balaban J connectivity index is 2.73. The summed E-state index contributed by atoms with van der Waals surface area (Å²) in [4.78, 5) is 11.3. The molecule has 0 amide bonds. The number of esters is 1. The zero-order chi connectivity index (χ0) is 14.7. The van der Waals surface area contributed by atoms with Crippen molar-refractivity contribution in [3.05, 3.63) is 12.2 Å². The van der Waals surface area contributed by atoms with Gasteiger partial charge in [-0.3, -0.25) is 8.37 Å². The molecule has 1 atom stereocenters. The van der Waals surface area contributed by atoms with Gasteiger partial charge in [0.1, 0.15) is 13.2 Å². The van der Waals surface area contributed by atoms with E-state index in [1.165, 1.54) is 0 Å². The largest absolute Gasteiger partial charge is 0.459 e. The Morgan fingerprint density at radius 3 is 2.47 bits per heavy atom. The maximum absolute atomic E-state index is 11.7. The van der Waals surface area contributed by atoms with Crippen LogP contribution in [0, 0.1) is 0 Å². The first-order chi connectivity index (χ1) is 8.61. The molecular weight excluding hydrogens is 314 g/mol. The van der Waals surface area contributed by atoms with Crippen molar-refractivity contribution in [2.24, 2.45) is 0 Å². The van der Waals surface area contributed by atoms with Crippen LogP contribution in [0.1, 0.15) is 0 Å². The number of hydrogen-bond acceptors (Lipinski definition) is 8. The minimum atomic E-state index is -4.54. The second-order valence-corrected chi connectivity index (χ2v) is 6.83. The second-order valence-electron chi connectivity index (χ2n) is 3.23. The van der Waals surface area contributed by atoms with E-state index in [0.29, 0.717) is 0 Å². The van der Waals surface area contributed by atoms with Gasteiger partial charge >= 0.3 is 5.97 Å². The fraction of sp³-hybridized carbons (Fsp3) is 0.571. The SMILES string of the molecule is O=C(OCC=C(F)F)C1COS(=O)(=O)CS(=O)(=O)O1. The Kier molecular flexibility index (Phi) is 4.95. The van der Waals surface area contributed by atoms with Crippen LogP contribution in [0.3, 0.4) is 0 Å². The van der Waals surface area contributed by atoms with E-state index in [2.05, 4.69) is 13.1 Å². The van der Waals surface area contributed by atoms with Crippen LogP contribution in [-0.4, -0.2) is 47.2 Å². The summed E-state index contributed by atoms with van der Waals surface area (Å²) in [5, 5.41) is -1.44. The van der Waals surface area contributed by atoms with Gasteiger partial charge in [-0.15, -0.1) is 0 Å². The number of carbonyl (C=O) groups excluding carboxylic acids is 1. The Hall–Kier alpha value is -1.11. The minimum Gasteiger partial charge on any atom is -0.459 e. The van der Waals surface area contributed by atoms with E-state index in [-0.39, 0.29) is 6.08 Å². The van der Waals surface area contributed by atoms with Gasteiger partial charge in [0.2, 0.25) is 5.08 Å². The molecule has 0 aromatic heterocycles. The first kappa shape index (κ1) is 15.9. The Labute approximate surface area is 107 Å². The molecule has 110 valence electrons. The standard InChI is InChI=1S/C7H8F2O8S2/c8-6(9)1-2-15-7(10)5-3-16-18(11,12)4-19(13,14)17-5/h1,5H,2-4H2. The van der Waals surface area contributed by atoms with E-state index in [0.717, 1.165) is 0 Å². The van der Waals surface area contributed by atoms with Gasteiger partial charge in [-0.05, 0) is 0 Å². The summed E-state index contributed by atoms with van der Waals surface area (Å²) in [6, 6.07) is 0. The molecule has 1 aliphatic heterocycles. The number of rotatable bonds is 3. The summed E-state index contributed by atoms with van der Waals surface area (Å²) in [5.74, 6) is -1.34. The molecule has 1 saturated heterocycles. The van der Waals surface area contributed by atoms with Crippen LogP contribution in [-0.2, 0) is 38.1 Å². The molecule has 12 heteroatoms. The van der Waals surface area contributed by atoms with Gasteiger partial charge < -0.3 is 4.74 Å². The first-order valence-corrected chi connectivity index (χ1v) is 7.73. The van der Waals surface area contributed by atoms with Crippen LogP contribution in [0.25, 0.3) is 0 Å². The highest BCUT2D eigenvalue weighted by Gasteiger charge is 2.37. The molecule has 1 heterocycles. The molecule has 1 fully saturated rings. The van der Waals surface area contributed by atoms with Gasteiger partial charge in [0.25, 0.3) is 26.3 Å². The average Bonchev–Trinajstić information content (AvgIpc) is 2.32. The smallest absolute Gasteiger partial charge is 0.339 e. The van der Waals surface area contributed by atoms with Crippen molar-refractivity contribution < 1.29 is 43.5 Å². The molecular formula is C7H8F2O8S2. The summed E-state index contributed by atoms with van der Waals surface area (Å²) in [5.41, 5.74) is 0. The van der Waals surface area contributed by atoms with E-state index in [1.54, 1.807) is 0 Å². The molecule has 0 spiro atoms. The lowest BCUT2D eigenvalue weighted by Crippen LogP contribution is -2.31. The fourth-order valence-corrected chi connectivity index (χ4v) is 3.72. The monoisotopic (exact) mass is 322 g/mol. The summed E-state index contributed by atoms with van der Waals surface area (Å²) in [6.07, 6.45) is -3.69. The lowest BCUT2D eigenvalue weighted by molar-refractivity contribution is -0.151. The highest BCUT2D eigenvalue weighted by Crippen LogP contribution is 2.14. The molecule has 0 saturated carbocycles. The van der Waals surface area contributed by atoms with Crippen LogP contribution in [0.4, 0.5) is 8.78 Å². The van der Waals surface area contributed by atoms with Gasteiger partial charge in [-0.25, -0.2) is 4.79 Å². The highest BCUT2D eigenvalue weighted by molar-refractivity contribution is 8.03. The average molecular weight is 322 g/mol. The Morgan fingerprint density at radius 2 is 1.89 bits per heavy atom. The molecule has 0 bridgehead atoms. The van der Waals surface area contributed by atoms with Gasteiger partial charge in [0.15, 0.2) is 6.10 Å². The van der Waals surface area contributed by atoms with E-state index in [9.17, 15) is 30.4 Å². The zero-order valence-electron chi connectivity index (χ0n) is 9.11. The molecule has 1 unspecified atom stereocenters. The minimum absolute atomic E-state index is 0.265. The van der Waals surface area contributed by atoms with Crippen molar-refractivity contribution in [3.8, 4) is 0 Å². The van der Waals surface area contributed by atoms with Crippen molar-refractivity contribution in [1.82, 2.24) is 0 Å². The van der Waals surface area contributed by atoms with Gasteiger partial charge in [0, 0.05) is 6.08 Å².